The van der Waals surface area contributed by atoms with Crippen molar-refractivity contribution in [1.82, 2.24) is 0 Å². The molecule has 8 heteroatoms. The second kappa shape index (κ2) is 12.5. The van der Waals surface area contributed by atoms with Gasteiger partial charge in [0, 0.05) is 11.4 Å². The van der Waals surface area contributed by atoms with E-state index in [4.69, 9.17) is 9.98 Å². The molecule has 198 valence electrons. The molecule has 0 saturated carbocycles. The number of carbonyl (C=O) groups excluding carboxylic acids is 2. The van der Waals surface area contributed by atoms with Crippen LogP contribution in [0.4, 0.5) is 11.4 Å². The van der Waals surface area contributed by atoms with E-state index >= 15 is 0 Å². The Morgan fingerprint density at radius 2 is 1.05 bits per heavy atom. The number of amides is 2. The molecule has 2 aliphatic rings. The Morgan fingerprint density at radius 3 is 1.39 bits per heavy atom. The number of para-hydroxylation sites is 2. The van der Waals surface area contributed by atoms with Crippen LogP contribution in [0.15, 0.2) is 80.9 Å². The molecule has 0 bridgehead atoms. The van der Waals surface area contributed by atoms with Crippen LogP contribution < -0.4 is 10.0 Å². The number of nitrogens with zero attached hydrogens (tertiary/aromatic N) is 6. The summed E-state index contributed by atoms with van der Waals surface area (Å²) in [5.41, 5.74) is 4.71. The van der Waals surface area contributed by atoms with Crippen LogP contribution >= 0.6 is 0 Å². The van der Waals surface area contributed by atoms with Crippen molar-refractivity contribution in [3.8, 4) is 0 Å². The highest BCUT2D eigenvalue weighted by atomic mass is 16.2. The monoisotopic (exact) mass is 512 g/mol. The van der Waals surface area contributed by atoms with Crippen LogP contribution in [0.2, 0.25) is 0 Å². The zero-order chi connectivity index (χ0) is 27.1. The molecule has 4 rings (SSSR count). The predicted octanol–water partition coefficient (Wildman–Crippen LogP) is 5.55. The first-order valence-corrected chi connectivity index (χ1v) is 13.4. The zero-order valence-electron chi connectivity index (χ0n) is 22.7. The summed E-state index contributed by atoms with van der Waals surface area (Å²) < 4.78 is 0. The van der Waals surface area contributed by atoms with E-state index in [1.54, 1.807) is 0 Å². The number of hydrazone groups is 2. The van der Waals surface area contributed by atoms with Gasteiger partial charge in [0.2, 0.25) is 0 Å². The summed E-state index contributed by atoms with van der Waals surface area (Å²) in [6.45, 7) is 8.84. The lowest BCUT2D eigenvalue weighted by atomic mass is 9.94. The molecule has 2 aromatic rings. The molecule has 0 saturated heterocycles. The Hall–Kier alpha value is -3.94. The van der Waals surface area contributed by atoms with E-state index in [2.05, 4.69) is 24.1 Å². The van der Waals surface area contributed by atoms with E-state index in [0.29, 0.717) is 13.1 Å². The number of hydrogen-bond acceptors (Lipinski definition) is 6. The molecule has 2 heterocycles. The third-order valence-electron chi connectivity index (χ3n) is 6.67. The van der Waals surface area contributed by atoms with E-state index < -0.39 is 11.8 Å². The number of anilines is 2. The number of benzene rings is 2. The topological polar surface area (TPSA) is 90.1 Å². The van der Waals surface area contributed by atoms with Crippen molar-refractivity contribution >= 4 is 46.0 Å². The van der Waals surface area contributed by atoms with Crippen LogP contribution in [0.5, 0.6) is 0 Å². The number of aliphatic imine (C=N–C) groups is 2. The average Bonchev–Trinajstić information content (AvgIpc) is 3.40. The van der Waals surface area contributed by atoms with Crippen molar-refractivity contribution in [2.45, 2.75) is 53.4 Å². The fourth-order valence-electron chi connectivity index (χ4n) is 4.94. The summed E-state index contributed by atoms with van der Waals surface area (Å²) in [6, 6.07) is 18.9. The molecule has 2 unspecified atom stereocenters. The molecule has 0 spiro atoms. The molecule has 0 radical (unpaired) electrons. The van der Waals surface area contributed by atoms with Crippen LogP contribution in [0.3, 0.4) is 0 Å². The van der Waals surface area contributed by atoms with E-state index in [1.807, 2.05) is 74.5 Å². The lowest BCUT2D eigenvalue weighted by molar-refractivity contribution is -0.119. The SMILES string of the molecule is CCCC(=NCCN=C(CCC)C1C(=O)N(c2ccccc2)N=C1C)C1C(=O)N(c2ccccc2)N=C1C. The van der Waals surface area contributed by atoms with Gasteiger partial charge in [-0.2, -0.15) is 20.2 Å². The van der Waals surface area contributed by atoms with Crippen molar-refractivity contribution in [2.24, 2.45) is 32.0 Å². The highest BCUT2D eigenvalue weighted by Gasteiger charge is 2.38. The summed E-state index contributed by atoms with van der Waals surface area (Å²) in [5, 5.41) is 12.0. The fourth-order valence-corrected chi connectivity index (χ4v) is 4.94. The highest BCUT2D eigenvalue weighted by Crippen LogP contribution is 2.27. The summed E-state index contributed by atoms with van der Waals surface area (Å²) in [7, 11) is 0. The Kier molecular flexibility index (Phi) is 8.94. The van der Waals surface area contributed by atoms with E-state index in [-0.39, 0.29) is 11.8 Å². The summed E-state index contributed by atoms with van der Waals surface area (Å²) in [5.74, 6) is -1.03. The van der Waals surface area contributed by atoms with Gasteiger partial charge in [-0.15, -0.1) is 0 Å². The zero-order valence-corrected chi connectivity index (χ0v) is 22.7. The van der Waals surface area contributed by atoms with Crippen molar-refractivity contribution in [1.29, 1.82) is 0 Å². The number of rotatable bonds is 11. The maximum absolute atomic E-state index is 13.3. The van der Waals surface area contributed by atoms with Crippen molar-refractivity contribution in [3.63, 3.8) is 0 Å². The van der Waals surface area contributed by atoms with Gasteiger partial charge < -0.3 is 0 Å². The maximum Gasteiger partial charge on any atom is 0.261 e. The first kappa shape index (κ1) is 27.1. The minimum atomic E-state index is -0.445. The van der Waals surface area contributed by atoms with Gasteiger partial charge in [-0.3, -0.25) is 19.6 Å². The molecule has 2 aromatic carbocycles. The maximum atomic E-state index is 13.3. The van der Waals surface area contributed by atoms with Gasteiger partial charge in [0.1, 0.15) is 11.8 Å². The highest BCUT2D eigenvalue weighted by molar-refractivity contribution is 6.29. The van der Waals surface area contributed by atoms with Crippen LogP contribution in [0.1, 0.15) is 53.4 Å². The third-order valence-corrected chi connectivity index (χ3v) is 6.67. The molecule has 0 aromatic heterocycles. The minimum absolute atomic E-state index is 0.0690. The first-order valence-electron chi connectivity index (χ1n) is 13.4. The normalized spacial score (nSPS) is 20.3. The van der Waals surface area contributed by atoms with Gasteiger partial charge in [0.25, 0.3) is 11.8 Å². The quantitative estimate of drug-likeness (QED) is 0.292. The number of carbonyl (C=O) groups is 2. The molecule has 0 N–H and O–H groups in total. The second-order valence-electron chi connectivity index (χ2n) is 9.57. The largest absolute Gasteiger partial charge is 0.291 e. The first-order chi connectivity index (χ1) is 18.5. The molecule has 2 aliphatic heterocycles. The van der Waals surface area contributed by atoms with Gasteiger partial charge in [0.15, 0.2) is 0 Å². The molecule has 0 aliphatic carbocycles. The lowest BCUT2D eigenvalue weighted by Gasteiger charge is -2.17. The van der Waals surface area contributed by atoms with Gasteiger partial charge in [0.05, 0.1) is 35.9 Å². The smallest absolute Gasteiger partial charge is 0.261 e. The molecular formula is C30H36N6O2. The van der Waals surface area contributed by atoms with Gasteiger partial charge in [-0.05, 0) is 51.0 Å². The Morgan fingerprint density at radius 1 is 0.684 bits per heavy atom. The minimum Gasteiger partial charge on any atom is -0.291 e. The summed E-state index contributed by atoms with van der Waals surface area (Å²) in [6.07, 6.45) is 3.20. The predicted molar refractivity (Wildman–Crippen MR) is 155 cm³/mol. The Labute approximate surface area is 224 Å². The molecule has 2 amide bonds. The average molecular weight is 513 g/mol. The summed E-state index contributed by atoms with van der Waals surface area (Å²) >= 11 is 0. The molecular weight excluding hydrogens is 476 g/mol. The number of hydrogen-bond donors (Lipinski definition) is 0. The van der Waals surface area contributed by atoms with Crippen LogP contribution in [0.25, 0.3) is 0 Å². The van der Waals surface area contributed by atoms with Crippen LogP contribution in [-0.4, -0.2) is 47.8 Å². The fraction of sp³-hybridized carbons (Fsp3) is 0.400. The van der Waals surface area contributed by atoms with Crippen molar-refractivity contribution < 1.29 is 9.59 Å². The molecule has 0 fully saturated rings. The van der Waals surface area contributed by atoms with Crippen molar-refractivity contribution in [3.05, 3.63) is 60.7 Å². The lowest BCUT2D eigenvalue weighted by Crippen LogP contribution is -2.33. The van der Waals surface area contributed by atoms with Gasteiger partial charge in [-0.25, -0.2) is 0 Å². The standard InChI is InChI=1S/C30H36N6O2/c1-5-13-25(27-21(3)33-35(29(27)37)23-15-9-7-10-16-23)31-19-20-32-26(14-6-2)28-22(4)34-36(30(28)38)24-17-11-8-12-18-24/h7-12,15-18,27-28H,5-6,13-14,19-20H2,1-4H3. The second-order valence-corrected chi connectivity index (χ2v) is 9.57. The van der Waals surface area contributed by atoms with E-state index in [1.165, 1.54) is 10.0 Å². The summed E-state index contributed by atoms with van der Waals surface area (Å²) in [4.78, 5) is 36.3. The van der Waals surface area contributed by atoms with Gasteiger partial charge >= 0.3 is 0 Å². The van der Waals surface area contributed by atoms with E-state index in [9.17, 15) is 9.59 Å². The van der Waals surface area contributed by atoms with Crippen LogP contribution in [-0.2, 0) is 9.59 Å². The molecule has 2 atom stereocenters. The molecule has 8 nitrogen and oxygen atoms in total. The third kappa shape index (κ3) is 5.79. The van der Waals surface area contributed by atoms with Crippen LogP contribution in [0, 0.1) is 11.8 Å². The Bertz CT molecular complexity index is 1170. The Balaban J connectivity index is 1.48. The van der Waals surface area contributed by atoms with E-state index in [0.717, 1.165) is 59.9 Å². The molecule has 38 heavy (non-hydrogen) atoms. The van der Waals surface area contributed by atoms with Crippen molar-refractivity contribution in [2.75, 3.05) is 23.1 Å². The van der Waals surface area contributed by atoms with Gasteiger partial charge in [-0.1, -0.05) is 63.1 Å².